The van der Waals surface area contributed by atoms with Crippen molar-refractivity contribution < 1.29 is 32.5 Å². The second kappa shape index (κ2) is 22.5. The molecule has 1 aliphatic rings. The lowest BCUT2D eigenvalue weighted by atomic mass is 9.67. The SMILES string of the molecule is COc1cc(C(=O)NCCOCCOCCOCCN)ccc1NC=NC1NC(CC(C)(C)C)C(C#N)(C=CC=C(Cl)C=CF)C1c1cccc(Cl)c1F. The number of anilines is 1. The van der Waals surface area contributed by atoms with E-state index in [1.807, 2.05) is 20.8 Å². The first-order valence-electron chi connectivity index (χ1n) is 17.5. The highest BCUT2D eigenvalue weighted by Gasteiger charge is 2.56. The molecule has 294 valence electrons. The predicted octanol–water partition coefficient (Wildman–Crippen LogP) is 6.86. The number of hydrogen-bond acceptors (Lipinski definition) is 9. The summed E-state index contributed by atoms with van der Waals surface area (Å²) in [6, 6.07) is 11.5. The third-order valence-corrected chi connectivity index (χ3v) is 8.96. The van der Waals surface area contributed by atoms with Crippen LogP contribution in [0.1, 0.15) is 49.0 Å². The zero-order chi connectivity index (χ0) is 39.6. The Bertz CT molecular complexity index is 1680. The fourth-order valence-electron chi connectivity index (χ4n) is 6.00. The van der Waals surface area contributed by atoms with Crippen LogP contribution in [-0.4, -0.2) is 84.3 Å². The summed E-state index contributed by atoms with van der Waals surface area (Å²) in [7, 11) is 1.48. The number of halogens is 4. The van der Waals surface area contributed by atoms with Gasteiger partial charge in [0.15, 0.2) is 0 Å². The Morgan fingerprint density at radius 1 is 1.13 bits per heavy atom. The molecular weight excluding hydrogens is 741 g/mol. The third-order valence-electron chi connectivity index (χ3n) is 8.41. The van der Waals surface area contributed by atoms with Gasteiger partial charge >= 0.3 is 0 Å². The minimum atomic E-state index is -1.33. The van der Waals surface area contributed by atoms with Crippen LogP contribution in [0.25, 0.3) is 0 Å². The van der Waals surface area contributed by atoms with Crippen molar-refractivity contribution in [3.05, 3.63) is 94.0 Å². The Kier molecular flexibility index (Phi) is 18.5. The maximum atomic E-state index is 15.8. The van der Waals surface area contributed by atoms with E-state index in [2.05, 4.69) is 22.0 Å². The molecule has 5 N–H and O–H groups in total. The molecule has 0 spiro atoms. The molecule has 1 aliphatic heterocycles. The molecule has 2 aromatic carbocycles. The van der Waals surface area contributed by atoms with Gasteiger partial charge in [-0.25, -0.2) is 8.78 Å². The number of ether oxygens (including phenoxy) is 4. The average Bonchev–Trinajstić information content (AvgIpc) is 3.42. The Hall–Kier alpha value is -3.87. The number of nitriles is 1. The van der Waals surface area contributed by atoms with Crippen molar-refractivity contribution in [3.8, 4) is 11.8 Å². The van der Waals surface area contributed by atoms with Gasteiger partial charge in [0.25, 0.3) is 5.91 Å². The smallest absolute Gasteiger partial charge is 0.251 e. The maximum absolute atomic E-state index is 15.8. The third kappa shape index (κ3) is 13.2. The van der Waals surface area contributed by atoms with Crippen molar-refractivity contribution in [3.63, 3.8) is 0 Å². The van der Waals surface area contributed by atoms with E-state index in [1.165, 1.54) is 25.6 Å². The van der Waals surface area contributed by atoms with E-state index < -0.39 is 29.4 Å². The lowest BCUT2D eigenvalue weighted by Gasteiger charge is -2.34. The molecule has 0 bridgehead atoms. The largest absolute Gasteiger partial charge is 0.495 e. The molecule has 15 heteroatoms. The summed E-state index contributed by atoms with van der Waals surface area (Å²) in [5.41, 5.74) is 4.88. The number of carbonyl (C=O) groups excluding carboxylic acids is 1. The van der Waals surface area contributed by atoms with Crippen molar-refractivity contribution in [2.24, 2.45) is 21.6 Å². The van der Waals surface area contributed by atoms with Crippen molar-refractivity contribution in [1.82, 2.24) is 10.6 Å². The number of nitrogens with two attached hydrogens (primary N) is 1. The molecule has 11 nitrogen and oxygen atoms in total. The van der Waals surface area contributed by atoms with Crippen LogP contribution in [0, 0.1) is 28.0 Å². The van der Waals surface area contributed by atoms with Crippen LogP contribution in [0.4, 0.5) is 14.5 Å². The van der Waals surface area contributed by atoms with Crippen LogP contribution in [0.5, 0.6) is 5.75 Å². The van der Waals surface area contributed by atoms with Gasteiger partial charge in [-0.1, -0.05) is 68.3 Å². The monoisotopic (exact) mass is 790 g/mol. The summed E-state index contributed by atoms with van der Waals surface area (Å²) in [6.07, 6.45) is 7.23. The molecule has 1 saturated heterocycles. The number of rotatable bonds is 21. The van der Waals surface area contributed by atoms with Gasteiger partial charge in [0.2, 0.25) is 0 Å². The summed E-state index contributed by atoms with van der Waals surface area (Å²) < 4.78 is 50.3. The molecule has 3 rings (SSSR count). The van der Waals surface area contributed by atoms with Gasteiger partial charge in [0.1, 0.15) is 23.1 Å². The number of methoxy groups -OCH3 is 1. The van der Waals surface area contributed by atoms with Crippen LogP contribution in [0.3, 0.4) is 0 Å². The molecule has 1 fully saturated rings. The van der Waals surface area contributed by atoms with Gasteiger partial charge in [0.05, 0.1) is 76.2 Å². The first kappa shape index (κ1) is 44.5. The van der Waals surface area contributed by atoms with E-state index in [1.54, 1.807) is 42.5 Å². The van der Waals surface area contributed by atoms with Crippen LogP contribution in [0.15, 0.2) is 77.1 Å². The van der Waals surface area contributed by atoms with Crippen LogP contribution < -0.4 is 26.4 Å². The molecule has 1 amide bonds. The number of allylic oxidation sites excluding steroid dienone is 4. The average molecular weight is 792 g/mol. The first-order chi connectivity index (χ1) is 25.9. The highest BCUT2D eigenvalue weighted by molar-refractivity contribution is 6.31. The fourth-order valence-corrected chi connectivity index (χ4v) is 6.30. The zero-order valence-electron chi connectivity index (χ0n) is 31.0. The Balaban J connectivity index is 1.78. The fraction of sp³-hybridized carbons (Fsp3) is 0.462. The standard InChI is InChI=1S/C39H50Cl2F2N6O5/c1-38(2,3)24-33-39(25-45,13-6-7-28(40)12-14-42)34(29-8-5-9-30(41)35(29)43)36(49-33)48-26-47-31-11-10-27(23-32(31)51-4)37(50)46-16-18-53-20-22-54-21-19-52-17-15-44/h5-14,23,26,33-34,36,49H,15-22,24,44H2,1-4H3,(H,46,50)(H,47,48). The van der Waals surface area contributed by atoms with E-state index in [0.717, 1.165) is 6.08 Å². The second-order valence-corrected chi connectivity index (χ2v) is 14.4. The van der Waals surface area contributed by atoms with Gasteiger partial charge in [-0.05, 0) is 53.8 Å². The van der Waals surface area contributed by atoms with E-state index in [9.17, 15) is 14.4 Å². The highest BCUT2D eigenvalue weighted by atomic mass is 35.5. The first-order valence-corrected chi connectivity index (χ1v) is 18.3. The summed E-state index contributed by atoms with van der Waals surface area (Å²) in [5.74, 6) is -1.44. The van der Waals surface area contributed by atoms with Crippen molar-refractivity contribution in [2.45, 2.75) is 45.3 Å². The van der Waals surface area contributed by atoms with Gasteiger partial charge < -0.3 is 35.3 Å². The van der Waals surface area contributed by atoms with Crippen molar-refractivity contribution in [1.29, 1.82) is 5.26 Å². The number of carbonyl (C=O) groups is 1. The second-order valence-electron chi connectivity index (χ2n) is 13.5. The molecule has 0 saturated carbocycles. The molecule has 0 aromatic heterocycles. The topological polar surface area (TPSA) is 152 Å². The number of aliphatic imine (C=N–C) groups is 1. The molecular formula is C39H50Cl2F2N6O5. The van der Waals surface area contributed by atoms with Crippen LogP contribution >= 0.6 is 23.2 Å². The summed E-state index contributed by atoms with van der Waals surface area (Å²) in [5, 5.41) is 20.3. The Morgan fingerprint density at radius 3 is 2.48 bits per heavy atom. The van der Waals surface area contributed by atoms with Gasteiger partial charge in [-0.3, -0.25) is 15.1 Å². The Labute approximate surface area is 326 Å². The lowest BCUT2D eigenvalue weighted by Crippen LogP contribution is -2.39. The molecule has 4 atom stereocenters. The molecule has 4 unspecified atom stereocenters. The highest BCUT2D eigenvalue weighted by Crippen LogP contribution is 2.51. The Morgan fingerprint density at radius 2 is 1.83 bits per heavy atom. The number of benzene rings is 2. The van der Waals surface area contributed by atoms with Gasteiger partial charge in [0, 0.05) is 35.6 Å². The lowest BCUT2D eigenvalue weighted by molar-refractivity contribution is 0.0166. The van der Waals surface area contributed by atoms with Gasteiger partial charge in [-0.15, -0.1) is 0 Å². The van der Waals surface area contributed by atoms with Crippen LogP contribution in [0.2, 0.25) is 5.02 Å². The number of nitrogens with zero attached hydrogens (tertiary/aromatic N) is 2. The zero-order valence-corrected chi connectivity index (χ0v) is 32.6. The van der Waals surface area contributed by atoms with Crippen molar-refractivity contribution in [2.75, 3.05) is 65.2 Å². The normalized spacial score (nSPS) is 20.6. The maximum Gasteiger partial charge on any atom is 0.251 e. The van der Waals surface area contributed by atoms with E-state index >= 15 is 4.39 Å². The molecule has 1 heterocycles. The number of hydrogen-bond donors (Lipinski definition) is 4. The van der Waals surface area contributed by atoms with E-state index in [4.69, 9.17) is 52.9 Å². The minimum absolute atomic E-state index is 0.0910. The number of amides is 1. The quantitative estimate of drug-likeness (QED) is 0.0460. The number of nitrogens with one attached hydrogen (secondary N) is 3. The summed E-state index contributed by atoms with van der Waals surface area (Å²) in [4.78, 5) is 17.6. The molecule has 0 aliphatic carbocycles. The summed E-state index contributed by atoms with van der Waals surface area (Å²) >= 11 is 12.3. The summed E-state index contributed by atoms with van der Waals surface area (Å²) in [6.45, 7) is 9.40. The van der Waals surface area contributed by atoms with Gasteiger partial charge in [-0.2, -0.15) is 5.26 Å². The van der Waals surface area contributed by atoms with E-state index in [-0.39, 0.29) is 26.9 Å². The minimum Gasteiger partial charge on any atom is -0.495 e. The molecule has 2 aromatic rings. The van der Waals surface area contributed by atoms with Crippen molar-refractivity contribution >= 4 is 41.1 Å². The molecule has 54 heavy (non-hydrogen) atoms. The predicted molar refractivity (Wildman–Crippen MR) is 209 cm³/mol. The van der Waals surface area contributed by atoms with E-state index in [0.29, 0.717) is 82.5 Å². The van der Waals surface area contributed by atoms with Crippen LogP contribution in [-0.2, 0) is 14.2 Å². The molecule has 0 radical (unpaired) electrons.